The summed E-state index contributed by atoms with van der Waals surface area (Å²) in [6, 6.07) is 4.29. The Balaban J connectivity index is 2.03. The van der Waals surface area contributed by atoms with Gasteiger partial charge >= 0.3 is 5.97 Å². The van der Waals surface area contributed by atoms with Gasteiger partial charge in [-0.3, -0.25) is 14.8 Å². The highest BCUT2D eigenvalue weighted by Gasteiger charge is 2.31. The Labute approximate surface area is 166 Å². The Morgan fingerprint density at radius 3 is 2.79 bits per heavy atom. The molecule has 0 radical (unpaired) electrons. The summed E-state index contributed by atoms with van der Waals surface area (Å²) in [7, 11) is 0. The molecular formula is C23H26N2O3. The Morgan fingerprint density at radius 2 is 2.14 bits per heavy atom. The summed E-state index contributed by atoms with van der Waals surface area (Å²) in [5.74, 6) is 1.47. The van der Waals surface area contributed by atoms with E-state index in [1.54, 1.807) is 18.6 Å². The van der Waals surface area contributed by atoms with E-state index in [9.17, 15) is 9.90 Å². The summed E-state index contributed by atoms with van der Waals surface area (Å²) in [5, 5.41) is 9.32. The van der Waals surface area contributed by atoms with Crippen molar-refractivity contribution in [3.8, 4) is 18.1 Å². The maximum atomic E-state index is 11.4. The molecule has 1 aromatic carbocycles. The summed E-state index contributed by atoms with van der Waals surface area (Å²) in [6.45, 7) is 7.22. The normalized spacial score (nSPS) is 16.9. The molecule has 0 saturated heterocycles. The molecule has 0 saturated carbocycles. The van der Waals surface area contributed by atoms with Gasteiger partial charge in [0.15, 0.2) is 0 Å². The summed E-state index contributed by atoms with van der Waals surface area (Å²) in [4.78, 5) is 20.1. The molecular weight excluding hydrogens is 352 g/mol. The van der Waals surface area contributed by atoms with Crippen LogP contribution in [0.3, 0.4) is 0 Å². The Hall–Kier alpha value is -2.87. The summed E-state index contributed by atoms with van der Waals surface area (Å²) < 4.78 is 5.90. The molecule has 5 heteroatoms. The first-order chi connectivity index (χ1) is 13.3. The van der Waals surface area contributed by atoms with Gasteiger partial charge in [0, 0.05) is 30.1 Å². The van der Waals surface area contributed by atoms with E-state index in [-0.39, 0.29) is 11.3 Å². The number of carboxylic acids is 1. The van der Waals surface area contributed by atoms with Crippen LogP contribution in [0.5, 0.6) is 5.75 Å². The van der Waals surface area contributed by atoms with E-state index in [0.717, 1.165) is 35.6 Å². The zero-order valence-corrected chi connectivity index (χ0v) is 16.6. The monoisotopic (exact) mass is 378 g/mol. The highest BCUT2D eigenvalue weighted by molar-refractivity contribution is 5.73. The fourth-order valence-corrected chi connectivity index (χ4v) is 3.84. The molecule has 1 aliphatic rings. The number of hydrogen-bond donors (Lipinski definition) is 1. The predicted molar refractivity (Wildman–Crippen MR) is 107 cm³/mol. The molecule has 0 aliphatic carbocycles. The Kier molecular flexibility index (Phi) is 5.69. The zero-order chi connectivity index (χ0) is 20.3. The van der Waals surface area contributed by atoms with Crippen molar-refractivity contribution >= 4 is 5.97 Å². The predicted octanol–water partition coefficient (Wildman–Crippen LogP) is 4.09. The van der Waals surface area contributed by atoms with Gasteiger partial charge in [-0.1, -0.05) is 25.8 Å². The van der Waals surface area contributed by atoms with Crippen molar-refractivity contribution in [3.63, 3.8) is 0 Å². The number of aromatic nitrogens is 2. The van der Waals surface area contributed by atoms with E-state index in [1.165, 1.54) is 5.56 Å². The summed E-state index contributed by atoms with van der Waals surface area (Å²) in [6.07, 6.45) is 12.4. The lowest BCUT2D eigenvalue weighted by molar-refractivity contribution is -0.139. The highest BCUT2D eigenvalue weighted by Crippen LogP contribution is 2.42. The lowest BCUT2D eigenvalue weighted by Gasteiger charge is -2.34. The van der Waals surface area contributed by atoms with Crippen LogP contribution in [0.2, 0.25) is 0 Å². The summed E-state index contributed by atoms with van der Waals surface area (Å²) in [5.41, 5.74) is 4.24. The molecule has 1 aromatic heterocycles. The van der Waals surface area contributed by atoms with E-state index in [4.69, 9.17) is 11.2 Å². The van der Waals surface area contributed by atoms with Crippen molar-refractivity contribution in [2.45, 2.75) is 51.4 Å². The second-order valence-corrected chi connectivity index (χ2v) is 8.01. The van der Waals surface area contributed by atoms with Crippen molar-refractivity contribution in [1.29, 1.82) is 0 Å². The van der Waals surface area contributed by atoms with Crippen LogP contribution in [0.25, 0.3) is 0 Å². The molecule has 2 aromatic rings. The largest absolute Gasteiger partial charge is 0.493 e. The molecule has 28 heavy (non-hydrogen) atoms. The van der Waals surface area contributed by atoms with E-state index in [2.05, 4.69) is 48.8 Å². The van der Waals surface area contributed by atoms with Gasteiger partial charge in [0.1, 0.15) is 11.7 Å². The third kappa shape index (κ3) is 4.01. The van der Waals surface area contributed by atoms with Gasteiger partial charge < -0.3 is 9.84 Å². The molecule has 2 unspecified atom stereocenters. The third-order valence-corrected chi connectivity index (χ3v) is 5.64. The topological polar surface area (TPSA) is 72.3 Å². The molecule has 0 spiro atoms. The molecule has 146 valence electrons. The van der Waals surface area contributed by atoms with Crippen LogP contribution in [0.4, 0.5) is 0 Å². The van der Waals surface area contributed by atoms with Gasteiger partial charge in [-0.2, -0.15) is 0 Å². The van der Waals surface area contributed by atoms with Crippen LogP contribution < -0.4 is 4.74 Å². The molecule has 1 N–H and O–H groups in total. The molecule has 3 rings (SSSR count). The first kappa shape index (κ1) is 19.9. The fourth-order valence-electron chi connectivity index (χ4n) is 3.84. The molecule has 1 aliphatic heterocycles. The number of aliphatic carboxylic acids is 1. The minimum atomic E-state index is -0.961. The molecule has 2 atom stereocenters. The second-order valence-electron chi connectivity index (χ2n) is 8.01. The number of carbonyl (C=O) groups is 1. The summed E-state index contributed by atoms with van der Waals surface area (Å²) >= 11 is 0. The minimum Gasteiger partial charge on any atom is -0.493 e. The Morgan fingerprint density at radius 1 is 1.36 bits per heavy atom. The maximum absolute atomic E-state index is 11.4. The number of fused-ring (bicyclic) bond motifs is 1. The quantitative estimate of drug-likeness (QED) is 0.767. The van der Waals surface area contributed by atoms with Crippen LogP contribution >= 0.6 is 0 Å². The number of ether oxygens (including phenoxy) is 1. The minimum absolute atomic E-state index is 0.0192. The van der Waals surface area contributed by atoms with Gasteiger partial charge in [-0.05, 0) is 48.8 Å². The number of aryl methyl sites for hydroxylation is 1. The molecule has 0 bridgehead atoms. The molecule has 2 heterocycles. The highest BCUT2D eigenvalue weighted by atomic mass is 16.5. The lowest BCUT2D eigenvalue weighted by atomic mass is 9.76. The first-order valence-corrected chi connectivity index (χ1v) is 9.56. The average Bonchev–Trinajstić information content (AvgIpc) is 2.65. The maximum Gasteiger partial charge on any atom is 0.318 e. The van der Waals surface area contributed by atoms with Gasteiger partial charge in [0.25, 0.3) is 0 Å². The van der Waals surface area contributed by atoms with E-state index in [0.29, 0.717) is 12.8 Å². The van der Waals surface area contributed by atoms with E-state index < -0.39 is 11.9 Å². The Bertz CT molecular complexity index is 900. The average molecular weight is 378 g/mol. The lowest BCUT2D eigenvalue weighted by Crippen LogP contribution is -2.27. The van der Waals surface area contributed by atoms with Gasteiger partial charge in [-0.25, -0.2) is 0 Å². The molecule has 0 fully saturated rings. The molecule has 5 nitrogen and oxygen atoms in total. The SMILES string of the molecule is C#CC(CCC(c1cnccn1)c1cc2c(cc1C)OCCC2(C)C)C(=O)O. The van der Waals surface area contributed by atoms with Crippen molar-refractivity contribution < 1.29 is 14.6 Å². The van der Waals surface area contributed by atoms with Crippen LogP contribution in [-0.2, 0) is 10.2 Å². The van der Waals surface area contributed by atoms with Crippen LogP contribution in [0.1, 0.15) is 61.4 Å². The van der Waals surface area contributed by atoms with Crippen molar-refractivity contribution in [3.05, 3.63) is 53.1 Å². The number of carboxylic acid groups (broad SMARTS) is 1. The van der Waals surface area contributed by atoms with Gasteiger partial charge in [0.2, 0.25) is 0 Å². The number of rotatable bonds is 6. The fraction of sp³-hybridized carbons (Fsp3) is 0.435. The second kappa shape index (κ2) is 8.02. The smallest absolute Gasteiger partial charge is 0.318 e. The number of benzene rings is 1. The molecule has 0 amide bonds. The number of terminal acetylenes is 1. The van der Waals surface area contributed by atoms with E-state index >= 15 is 0 Å². The van der Waals surface area contributed by atoms with Crippen LogP contribution in [0, 0.1) is 25.2 Å². The van der Waals surface area contributed by atoms with Gasteiger partial charge in [-0.15, -0.1) is 6.42 Å². The van der Waals surface area contributed by atoms with Crippen molar-refractivity contribution in [1.82, 2.24) is 9.97 Å². The number of nitrogens with zero attached hydrogens (tertiary/aromatic N) is 2. The number of hydrogen-bond acceptors (Lipinski definition) is 4. The first-order valence-electron chi connectivity index (χ1n) is 9.56. The zero-order valence-electron chi connectivity index (χ0n) is 16.6. The third-order valence-electron chi connectivity index (χ3n) is 5.64. The van der Waals surface area contributed by atoms with E-state index in [1.807, 2.05) is 0 Å². The van der Waals surface area contributed by atoms with Gasteiger partial charge in [0.05, 0.1) is 12.3 Å². The standard InChI is InChI=1S/C23H26N2O3/c1-5-16(22(26)27)6-7-17(20-14-24-9-10-25-20)18-13-19-21(12-15(18)2)28-11-8-23(19,3)4/h1,9-10,12-14,16-17H,6-8,11H2,2-4H3,(H,26,27). The van der Waals surface area contributed by atoms with Crippen molar-refractivity contribution in [2.75, 3.05) is 6.61 Å². The van der Waals surface area contributed by atoms with Crippen LogP contribution in [0.15, 0.2) is 30.7 Å². The van der Waals surface area contributed by atoms with Crippen LogP contribution in [-0.4, -0.2) is 27.7 Å². The van der Waals surface area contributed by atoms with Crippen molar-refractivity contribution in [2.24, 2.45) is 5.92 Å².